The van der Waals surface area contributed by atoms with Gasteiger partial charge in [0.25, 0.3) is 0 Å². The summed E-state index contributed by atoms with van der Waals surface area (Å²) in [4.78, 5) is 2.46. The Labute approximate surface area is 107 Å². The molecule has 0 aromatic heterocycles. The van der Waals surface area contributed by atoms with E-state index in [1.165, 1.54) is 44.9 Å². The van der Waals surface area contributed by atoms with E-state index in [0.29, 0.717) is 0 Å². The summed E-state index contributed by atoms with van der Waals surface area (Å²) in [6, 6.07) is 0. The maximum atomic E-state index is 5.33. The van der Waals surface area contributed by atoms with Gasteiger partial charge in [0, 0.05) is 19.6 Å². The molecular formula is C15H29NO. The minimum atomic E-state index is 0.908. The summed E-state index contributed by atoms with van der Waals surface area (Å²) >= 11 is 0. The van der Waals surface area contributed by atoms with Crippen molar-refractivity contribution in [1.82, 2.24) is 4.90 Å². The van der Waals surface area contributed by atoms with Crippen LogP contribution in [0.4, 0.5) is 0 Å². The number of rotatable bonds is 9. The van der Waals surface area contributed by atoms with E-state index in [0.717, 1.165) is 32.8 Å². The molecule has 17 heavy (non-hydrogen) atoms. The molecule has 0 saturated carbocycles. The fourth-order valence-electron chi connectivity index (χ4n) is 2.17. The van der Waals surface area contributed by atoms with Crippen LogP contribution in [0, 0.1) is 0 Å². The van der Waals surface area contributed by atoms with E-state index in [9.17, 15) is 0 Å². The minimum Gasteiger partial charge on any atom is -0.379 e. The smallest absolute Gasteiger partial charge is 0.0594 e. The van der Waals surface area contributed by atoms with E-state index in [2.05, 4.69) is 24.0 Å². The van der Waals surface area contributed by atoms with Crippen LogP contribution in [0.2, 0.25) is 0 Å². The van der Waals surface area contributed by atoms with Gasteiger partial charge in [-0.25, -0.2) is 0 Å². The van der Waals surface area contributed by atoms with E-state index in [1.54, 1.807) is 0 Å². The highest BCUT2D eigenvalue weighted by Gasteiger charge is 2.07. The highest BCUT2D eigenvalue weighted by Crippen LogP contribution is 2.07. The van der Waals surface area contributed by atoms with Crippen LogP contribution in [0.1, 0.15) is 51.9 Å². The second kappa shape index (κ2) is 10.8. The van der Waals surface area contributed by atoms with Gasteiger partial charge in [0.05, 0.1) is 13.2 Å². The molecule has 0 amide bonds. The lowest BCUT2D eigenvalue weighted by atomic mass is 10.1. The first-order chi connectivity index (χ1) is 8.43. The Balaban J connectivity index is 1.84. The Kier molecular flexibility index (Phi) is 9.34. The van der Waals surface area contributed by atoms with Crippen LogP contribution in [-0.4, -0.2) is 37.7 Å². The topological polar surface area (TPSA) is 12.5 Å². The zero-order valence-corrected chi connectivity index (χ0v) is 11.5. The average molecular weight is 239 g/mol. The molecule has 1 saturated heterocycles. The number of ether oxygens (including phenoxy) is 1. The monoisotopic (exact) mass is 239 g/mol. The summed E-state index contributed by atoms with van der Waals surface area (Å²) in [5, 5.41) is 0. The van der Waals surface area contributed by atoms with Crippen molar-refractivity contribution in [3.63, 3.8) is 0 Å². The number of morpholine rings is 1. The molecule has 0 aromatic carbocycles. The summed E-state index contributed by atoms with van der Waals surface area (Å²) in [6.07, 6.45) is 14.3. The van der Waals surface area contributed by atoms with Crippen LogP contribution in [0.5, 0.6) is 0 Å². The molecule has 0 aromatic rings. The molecule has 0 aliphatic carbocycles. The van der Waals surface area contributed by atoms with Crippen molar-refractivity contribution in [2.75, 3.05) is 32.8 Å². The van der Waals surface area contributed by atoms with Gasteiger partial charge >= 0.3 is 0 Å². The van der Waals surface area contributed by atoms with E-state index in [4.69, 9.17) is 4.74 Å². The summed E-state index contributed by atoms with van der Waals surface area (Å²) in [6.45, 7) is 7.40. The Hall–Kier alpha value is -0.340. The number of nitrogens with zero attached hydrogens (tertiary/aromatic N) is 1. The molecule has 0 bridgehead atoms. The van der Waals surface area contributed by atoms with Gasteiger partial charge < -0.3 is 4.74 Å². The predicted molar refractivity (Wildman–Crippen MR) is 74.4 cm³/mol. The van der Waals surface area contributed by atoms with Crippen LogP contribution in [0.25, 0.3) is 0 Å². The van der Waals surface area contributed by atoms with Crippen LogP contribution < -0.4 is 0 Å². The Bertz CT molecular complexity index is 185. The van der Waals surface area contributed by atoms with Gasteiger partial charge in [0.2, 0.25) is 0 Å². The first-order valence-corrected chi connectivity index (χ1v) is 7.38. The first-order valence-electron chi connectivity index (χ1n) is 7.38. The molecular weight excluding hydrogens is 210 g/mol. The molecule has 0 spiro atoms. The van der Waals surface area contributed by atoms with Gasteiger partial charge in [-0.1, -0.05) is 51.2 Å². The summed E-state index contributed by atoms with van der Waals surface area (Å²) < 4.78 is 5.33. The van der Waals surface area contributed by atoms with Crippen molar-refractivity contribution in [3.8, 4) is 0 Å². The zero-order chi connectivity index (χ0) is 12.2. The molecule has 2 nitrogen and oxygen atoms in total. The lowest BCUT2D eigenvalue weighted by molar-refractivity contribution is 0.0434. The van der Waals surface area contributed by atoms with E-state index in [-0.39, 0.29) is 0 Å². The fourth-order valence-corrected chi connectivity index (χ4v) is 2.17. The SMILES string of the molecule is CCCCCCCC/C=C/CN1CCOCC1. The van der Waals surface area contributed by atoms with Gasteiger partial charge in [-0.2, -0.15) is 0 Å². The number of allylic oxidation sites excluding steroid dienone is 1. The second-order valence-electron chi connectivity index (χ2n) is 4.94. The van der Waals surface area contributed by atoms with Gasteiger partial charge in [0.15, 0.2) is 0 Å². The lowest BCUT2D eigenvalue weighted by Gasteiger charge is -2.25. The van der Waals surface area contributed by atoms with Crippen molar-refractivity contribution in [2.24, 2.45) is 0 Å². The highest BCUT2D eigenvalue weighted by atomic mass is 16.5. The van der Waals surface area contributed by atoms with Crippen molar-refractivity contribution in [2.45, 2.75) is 51.9 Å². The van der Waals surface area contributed by atoms with Crippen molar-refractivity contribution in [3.05, 3.63) is 12.2 Å². The third-order valence-electron chi connectivity index (χ3n) is 3.36. The molecule has 1 rings (SSSR count). The Morgan fingerprint density at radius 1 is 0.941 bits per heavy atom. The number of hydrogen-bond donors (Lipinski definition) is 0. The largest absolute Gasteiger partial charge is 0.379 e. The van der Waals surface area contributed by atoms with Gasteiger partial charge in [0.1, 0.15) is 0 Å². The summed E-state index contributed by atoms with van der Waals surface area (Å²) in [5.41, 5.74) is 0. The standard InChI is InChI=1S/C15H29NO/c1-2-3-4-5-6-7-8-9-10-11-16-12-14-17-15-13-16/h9-10H,2-8,11-15H2,1H3/b10-9+. The van der Waals surface area contributed by atoms with Crippen molar-refractivity contribution in [1.29, 1.82) is 0 Å². The van der Waals surface area contributed by atoms with Gasteiger partial charge in [-0.05, 0) is 12.8 Å². The molecule has 0 unspecified atom stereocenters. The first kappa shape index (κ1) is 14.7. The lowest BCUT2D eigenvalue weighted by Crippen LogP contribution is -2.36. The van der Waals surface area contributed by atoms with Crippen molar-refractivity contribution >= 4 is 0 Å². The molecule has 0 N–H and O–H groups in total. The predicted octanol–water partition coefficient (Wildman–Crippen LogP) is 3.63. The van der Waals surface area contributed by atoms with E-state index >= 15 is 0 Å². The van der Waals surface area contributed by atoms with E-state index in [1.807, 2.05) is 0 Å². The van der Waals surface area contributed by atoms with Gasteiger partial charge in [-0.15, -0.1) is 0 Å². The molecule has 100 valence electrons. The van der Waals surface area contributed by atoms with Gasteiger partial charge in [-0.3, -0.25) is 4.90 Å². The maximum absolute atomic E-state index is 5.33. The normalized spacial score (nSPS) is 17.9. The quantitative estimate of drug-likeness (QED) is 0.450. The fraction of sp³-hybridized carbons (Fsp3) is 0.867. The highest BCUT2D eigenvalue weighted by molar-refractivity contribution is 4.85. The van der Waals surface area contributed by atoms with E-state index < -0.39 is 0 Å². The third-order valence-corrected chi connectivity index (χ3v) is 3.36. The molecule has 1 heterocycles. The van der Waals surface area contributed by atoms with Crippen molar-refractivity contribution < 1.29 is 4.74 Å². The Morgan fingerprint density at radius 2 is 1.65 bits per heavy atom. The molecule has 1 aliphatic heterocycles. The summed E-state index contributed by atoms with van der Waals surface area (Å²) in [7, 11) is 0. The molecule has 1 aliphatic rings. The van der Waals surface area contributed by atoms with Crippen LogP contribution in [0.3, 0.4) is 0 Å². The van der Waals surface area contributed by atoms with Crippen LogP contribution in [0.15, 0.2) is 12.2 Å². The summed E-state index contributed by atoms with van der Waals surface area (Å²) in [5.74, 6) is 0. The second-order valence-corrected chi connectivity index (χ2v) is 4.94. The molecule has 0 radical (unpaired) electrons. The molecule has 0 atom stereocenters. The average Bonchev–Trinajstić information content (AvgIpc) is 2.38. The molecule has 1 fully saturated rings. The third kappa shape index (κ3) is 8.39. The molecule has 2 heteroatoms. The minimum absolute atomic E-state index is 0.908. The maximum Gasteiger partial charge on any atom is 0.0594 e. The number of unbranched alkanes of at least 4 members (excludes halogenated alkanes) is 6. The Morgan fingerprint density at radius 3 is 2.41 bits per heavy atom. The zero-order valence-electron chi connectivity index (χ0n) is 11.5. The van der Waals surface area contributed by atoms with Crippen LogP contribution in [-0.2, 0) is 4.74 Å². The number of hydrogen-bond acceptors (Lipinski definition) is 2. The van der Waals surface area contributed by atoms with Crippen LogP contribution >= 0.6 is 0 Å².